The van der Waals surface area contributed by atoms with Gasteiger partial charge in [-0.2, -0.15) is 17.6 Å². The fourth-order valence-corrected chi connectivity index (χ4v) is 0. The van der Waals surface area contributed by atoms with Gasteiger partial charge >= 0.3 is 9.66 Å². The summed E-state index contributed by atoms with van der Waals surface area (Å²) in [7, 11) is 0. The Morgan fingerprint density at radius 2 is 0.786 bits per heavy atom. The van der Waals surface area contributed by atoms with Gasteiger partial charge in [0, 0.05) is 0 Å². The maximum Gasteiger partial charge on any atom is 0.341 e. The standard InChI is InChI=1S/2C2HBr2F3/c2*3-1(5)2(4,6)7/h2*1H. The van der Waals surface area contributed by atoms with Crippen LogP contribution in [0.5, 0.6) is 0 Å². The topological polar surface area (TPSA) is 0 Å². The van der Waals surface area contributed by atoms with Gasteiger partial charge < -0.3 is 0 Å². The van der Waals surface area contributed by atoms with Crippen LogP contribution in [0.15, 0.2) is 0 Å². The number of hydrogen-bond donors (Lipinski definition) is 0. The van der Waals surface area contributed by atoms with Crippen molar-refractivity contribution in [2.45, 2.75) is 19.8 Å². The molecule has 0 aliphatic carbocycles. The van der Waals surface area contributed by atoms with Crippen molar-refractivity contribution in [1.82, 2.24) is 0 Å². The van der Waals surface area contributed by atoms with Gasteiger partial charge in [0.25, 0.3) is 0 Å². The molecule has 10 heteroatoms. The van der Waals surface area contributed by atoms with Crippen LogP contribution >= 0.6 is 63.7 Å². The zero-order valence-corrected chi connectivity index (χ0v) is 12.3. The van der Waals surface area contributed by atoms with Gasteiger partial charge in [0.05, 0.1) is 0 Å². The summed E-state index contributed by atoms with van der Waals surface area (Å²) in [5, 5.41) is -4.61. The average Bonchev–Trinajstić information content (AvgIpc) is 1.83. The van der Waals surface area contributed by atoms with Crippen LogP contribution in [0, 0.1) is 0 Å². The summed E-state index contributed by atoms with van der Waals surface area (Å²) in [6.45, 7) is 0. The predicted molar refractivity (Wildman–Crippen MR) is 55.4 cm³/mol. The van der Waals surface area contributed by atoms with E-state index in [4.69, 9.17) is 0 Å². The molecule has 0 rings (SSSR count). The van der Waals surface area contributed by atoms with Gasteiger partial charge in [-0.25, -0.2) is 8.78 Å². The van der Waals surface area contributed by atoms with E-state index in [0.29, 0.717) is 0 Å². The molecule has 0 aliphatic heterocycles. The van der Waals surface area contributed by atoms with Crippen LogP contribution in [0.25, 0.3) is 0 Å². The van der Waals surface area contributed by atoms with Crippen LogP contribution in [0.4, 0.5) is 26.3 Å². The zero-order valence-electron chi connectivity index (χ0n) is 5.93. The Kier molecular flexibility index (Phi) is 8.88. The SMILES string of the molecule is FC(Br)C(F)(F)Br.FC(Br)C(F)(F)Br. The Morgan fingerprint density at radius 1 is 0.714 bits per heavy atom. The third kappa shape index (κ3) is 11.6. The first kappa shape index (κ1) is 17.9. The van der Waals surface area contributed by atoms with Crippen molar-refractivity contribution in [3.8, 4) is 0 Å². The van der Waals surface area contributed by atoms with Gasteiger partial charge in [0.1, 0.15) is 0 Å². The van der Waals surface area contributed by atoms with E-state index >= 15 is 0 Å². The summed E-state index contributed by atoms with van der Waals surface area (Å²) >= 11 is 7.64. The molecule has 0 fully saturated rings. The molecular formula is C4H2Br4F6. The first-order valence-corrected chi connectivity index (χ1v) is 6.00. The molecule has 0 bridgehead atoms. The number of rotatable bonds is 2. The molecule has 0 radical (unpaired) electrons. The minimum absolute atomic E-state index is 1.79. The molecule has 0 amide bonds. The molecule has 0 nitrogen and oxygen atoms in total. The second-order valence-corrected chi connectivity index (χ2v) is 5.41. The van der Waals surface area contributed by atoms with Crippen LogP contribution < -0.4 is 0 Å². The van der Waals surface area contributed by atoms with Crippen molar-refractivity contribution in [3.63, 3.8) is 0 Å². The molecule has 0 spiro atoms. The summed E-state index contributed by atoms with van der Waals surface area (Å²) in [5.41, 5.74) is 0. The van der Waals surface area contributed by atoms with Gasteiger partial charge in [0.15, 0.2) is 0 Å². The van der Waals surface area contributed by atoms with Crippen molar-refractivity contribution in [2.75, 3.05) is 0 Å². The molecule has 2 atom stereocenters. The smallest absolute Gasteiger partial charge is 0.227 e. The molecule has 14 heavy (non-hydrogen) atoms. The van der Waals surface area contributed by atoms with E-state index in [1.54, 1.807) is 31.9 Å². The van der Waals surface area contributed by atoms with Gasteiger partial charge in [0.2, 0.25) is 10.2 Å². The molecule has 0 heterocycles. The summed E-state index contributed by atoms with van der Waals surface area (Å²) in [6.07, 6.45) is 0. The first-order chi connectivity index (χ1) is 5.89. The lowest BCUT2D eigenvalue weighted by Gasteiger charge is -2.04. The van der Waals surface area contributed by atoms with E-state index < -0.39 is 19.8 Å². The number of halogens is 10. The fourth-order valence-electron chi connectivity index (χ4n) is 0. The monoisotopic (exact) mass is 480 g/mol. The molecule has 0 aromatic carbocycles. The highest BCUT2D eigenvalue weighted by molar-refractivity contribution is 9.12. The van der Waals surface area contributed by atoms with Crippen LogP contribution in [0.1, 0.15) is 0 Å². The molecule has 0 N–H and O–H groups in total. The average molecular weight is 484 g/mol. The lowest BCUT2D eigenvalue weighted by Crippen LogP contribution is -2.14. The summed E-state index contributed by atoms with van der Waals surface area (Å²) in [5.74, 6) is 0. The van der Waals surface area contributed by atoms with Crippen LogP contribution in [-0.2, 0) is 0 Å². The maximum atomic E-state index is 11.3. The Morgan fingerprint density at radius 3 is 0.786 bits per heavy atom. The highest BCUT2D eigenvalue weighted by Gasteiger charge is 2.34. The zero-order chi connectivity index (χ0) is 12.2. The minimum Gasteiger partial charge on any atom is -0.227 e. The van der Waals surface area contributed by atoms with Crippen molar-refractivity contribution < 1.29 is 26.3 Å². The van der Waals surface area contributed by atoms with Gasteiger partial charge in [-0.1, -0.05) is 0 Å². The van der Waals surface area contributed by atoms with Crippen LogP contribution in [0.2, 0.25) is 0 Å². The Hall–Kier alpha value is 1.50. The van der Waals surface area contributed by atoms with E-state index in [1.807, 2.05) is 31.9 Å². The minimum atomic E-state index is -3.44. The summed E-state index contributed by atoms with van der Waals surface area (Å²) < 4.78 is 68.0. The van der Waals surface area contributed by atoms with Crippen molar-refractivity contribution >= 4 is 63.7 Å². The third-order valence-electron chi connectivity index (χ3n) is 0.495. The highest BCUT2D eigenvalue weighted by Crippen LogP contribution is 2.32. The van der Waals surface area contributed by atoms with E-state index in [2.05, 4.69) is 0 Å². The molecule has 0 aromatic heterocycles. The van der Waals surface area contributed by atoms with E-state index in [-0.39, 0.29) is 0 Å². The van der Waals surface area contributed by atoms with Crippen molar-refractivity contribution in [3.05, 3.63) is 0 Å². The van der Waals surface area contributed by atoms with Crippen molar-refractivity contribution in [2.24, 2.45) is 0 Å². The second kappa shape index (κ2) is 6.95. The summed E-state index contributed by atoms with van der Waals surface area (Å²) in [6, 6.07) is 0. The lowest BCUT2D eigenvalue weighted by atomic mass is 10.8. The highest BCUT2D eigenvalue weighted by atomic mass is 79.9. The van der Waals surface area contributed by atoms with Gasteiger partial charge in [-0.15, -0.1) is 0 Å². The summed E-state index contributed by atoms with van der Waals surface area (Å²) in [4.78, 5) is -6.88. The van der Waals surface area contributed by atoms with E-state index in [1.165, 1.54) is 0 Å². The van der Waals surface area contributed by atoms with Crippen LogP contribution in [0.3, 0.4) is 0 Å². The third-order valence-corrected chi connectivity index (χ3v) is 3.68. The van der Waals surface area contributed by atoms with Gasteiger partial charge in [-0.3, -0.25) is 0 Å². The van der Waals surface area contributed by atoms with Crippen LogP contribution in [-0.4, -0.2) is 19.8 Å². The first-order valence-electron chi connectivity index (χ1n) is 2.58. The lowest BCUT2D eigenvalue weighted by molar-refractivity contribution is 0.0680. The normalized spacial score (nSPS) is 16.7. The Labute approximate surface area is 109 Å². The molecule has 0 saturated heterocycles. The molecule has 0 aliphatic rings. The molecule has 2 unspecified atom stereocenters. The van der Waals surface area contributed by atoms with E-state index in [0.717, 1.165) is 0 Å². The maximum absolute atomic E-state index is 11.3. The number of hydrogen-bond acceptors (Lipinski definition) is 0. The quantitative estimate of drug-likeness (QED) is 0.368. The molecular weight excluding hydrogens is 482 g/mol. The predicted octanol–water partition coefficient (Wildman–Crippen LogP) is 5.33. The Balaban J connectivity index is 0. The molecule has 88 valence electrons. The fraction of sp³-hybridized carbons (Fsp3) is 1.00. The molecule has 0 aromatic rings. The Bertz CT molecular complexity index is 131. The second-order valence-electron chi connectivity index (χ2n) is 1.68. The number of alkyl halides is 10. The van der Waals surface area contributed by atoms with Gasteiger partial charge in [-0.05, 0) is 63.7 Å². The van der Waals surface area contributed by atoms with Crippen molar-refractivity contribution in [1.29, 1.82) is 0 Å². The van der Waals surface area contributed by atoms with E-state index in [9.17, 15) is 26.3 Å². The molecule has 0 saturated carbocycles. The largest absolute Gasteiger partial charge is 0.341 e.